The molecule has 35 heavy (non-hydrogen) atoms. The van der Waals surface area contributed by atoms with Gasteiger partial charge in [-0.2, -0.15) is 4.98 Å². The van der Waals surface area contributed by atoms with Crippen molar-refractivity contribution < 1.29 is 18.3 Å². The Morgan fingerprint density at radius 3 is 2.60 bits per heavy atom. The average molecular weight is 483 g/mol. The first-order valence-corrected chi connectivity index (χ1v) is 11.4. The van der Waals surface area contributed by atoms with Gasteiger partial charge in [0.25, 0.3) is 0 Å². The number of hydrogen-bond acceptors (Lipinski definition) is 7. The maximum Gasteiger partial charge on any atom is 0.232 e. The molecule has 1 amide bonds. The highest BCUT2D eigenvalue weighted by Gasteiger charge is 2.22. The number of halogens is 2. The highest BCUT2D eigenvalue weighted by molar-refractivity contribution is 5.92. The van der Waals surface area contributed by atoms with Crippen molar-refractivity contribution >= 4 is 29.2 Å². The molecule has 2 N–H and O–H groups in total. The molecule has 1 aliphatic rings. The number of benzene rings is 2. The second-order valence-corrected chi connectivity index (χ2v) is 8.59. The van der Waals surface area contributed by atoms with E-state index in [2.05, 4.69) is 30.5 Å². The average Bonchev–Trinajstić information content (AvgIpc) is 2.85. The SMILES string of the molecule is CC(=O)Nc1c(C)ccc(Nc2ncnc(N3CCC(OCc4ccc(F)c(F)c4)CC3)n2)c1C. The van der Waals surface area contributed by atoms with E-state index in [1.54, 1.807) is 0 Å². The summed E-state index contributed by atoms with van der Waals surface area (Å²) in [6.07, 6.45) is 3.00. The topological polar surface area (TPSA) is 92.3 Å². The van der Waals surface area contributed by atoms with Crippen LogP contribution in [0.5, 0.6) is 0 Å². The van der Waals surface area contributed by atoms with Crippen LogP contribution < -0.4 is 15.5 Å². The van der Waals surface area contributed by atoms with Crippen molar-refractivity contribution in [1.29, 1.82) is 0 Å². The van der Waals surface area contributed by atoms with Crippen LogP contribution in [-0.4, -0.2) is 40.1 Å². The van der Waals surface area contributed by atoms with Gasteiger partial charge in [0.15, 0.2) is 11.6 Å². The van der Waals surface area contributed by atoms with Gasteiger partial charge in [0.2, 0.25) is 17.8 Å². The smallest absolute Gasteiger partial charge is 0.232 e. The predicted molar refractivity (Wildman–Crippen MR) is 130 cm³/mol. The van der Waals surface area contributed by atoms with Crippen molar-refractivity contribution in [3.05, 3.63) is 65.0 Å². The lowest BCUT2D eigenvalue weighted by Gasteiger charge is -2.32. The van der Waals surface area contributed by atoms with E-state index in [0.717, 1.165) is 41.4 Å². The number of aryl methyl sites for hydroxylation is 1. The van der Waals surface area contributed by atoms with Gasteiger partial charge in [-0.3, -0.25) is 4.79 Å². The van der Waals surface area contributed by atoms with E-state index in [1.165, 1.54) is 25.4 Å². The van der Waals surface area contributed by atoms with E-state index >= 15 is 0 Å². The Morgan fingerprint density at radius 1 is 1.11 bits per heavy atom. The number of amides is 1. The molecule has 0 unspecified atom stereocenters. The number of nitrogens with one attached hydrogen (secondary N) is 2. The first-order valence-electron chi connectivity index (χ1n) is 11.4. The molecule has 1 saturated heterocycles. The van der Waals surface area contributed by atoms with Gasteiger partial charge >= 0.3 is 0 Å². The second-order valence-electron chi connectivity index (χ2n) is 8.59. The molecule has 0 aliphatic carbocycles. The highest BCUT2D eigenvalue weighted by atomic mass is 19.2. The first kappa shape index (κ1) is 24.5. The molecule has 1 fully saturated rings. The molecule has 2 heterocycles. The fourth-order valence-electron chi connectivity index (χ4n) is 4.04. The van der Waals surface area contributed by atoms with Crippen LogP contribution in [0.4, 0.5) is 32.1 Å². The van der Waals surface area contributed by atoms with Gasteiger partial charge in [0, 0.05) is 31.4 Å². The van der Waals surface area contributed by atoms with Gasteiger partial charge in [-0.1, -0.05) is 12.1 Å². The molecule has 4 rings (SSSR count). The van der Waals surface area contributed by atoms with Crippen LogP contribution in [0, 0.1) is 25.5 Å². The van der Waals surface area contributed by atoms with Crippen molar-refractivity contribution in [2.45, 2.75) is 46.3 Å². The molecular formula is C25H28F2N6O2. The number of hydrogen-bond donors (Lipinski definition) is 2. The minimum atomic E-state index is -0.868. The Morgan fingerprint density at radius 2 is 1.89 bits per heavy atom. The van der Waals surface area contributed by atoms with Crippen molar-refractivity contribution in [3.8, 4) is 0 Å². The minimum absolute atomic E-state index is 0.0150. The Labute approximate surface area is 202 Å². The number of carbonyl (C=O) groups is 1. The molecule has 1 aliphatic heterocycles. The molecule has 0 bridgehead atoms. The Balaban J connectivity index is 1.36. The predicted octanol–water partition coefficient (Wildman–Crippen LogP) is 4.65. The monoisotopic (exact) mass is 482 g/mol. The van der Waals surface area contributed by atoms with Crippen molar-refractivity contribution in [2.24, 2.45) is 0 Å². The summed E-state index contributed by atoms with van der Waals surface area (Å²) in [6.45, 7) is 6.97. The van der Waals surface area contributed by atoms with Crippen LogP contribution in [0.25, 0.3) is 0 Å². The first-order chi connectivity index (χ1) is 16.8. The second kappa shape index (κ2) is 10.7. The quantitative estimate of drug-likeness (QED) is 0.506. The minimum Gasteiger partial charge on any atom is -0.373 e. The van der Waals surface area contributed by atoms with Crippen LogP contribution in [0.3, 0.4) is 0 Å². The lowest BCUT2D eigenvalue weighted by atomic mass is 10.1. The van der Waals surface area contributed by atoms with Crippen LogP contribution in [0.1, 0.15) is 36.5 Å². The zero-order valence-electron chi connectivity index (χ0n) is 19.9. The van der Waals surface area contributed by atoms with E-state index in [4.69, 9.17) is 4.74 Å². The largest absolute Gasteiger partial charge is 0.373 e. The molecule has 0 radical (unpaired) electrons. The molecule has 0 saturated carbocycles. The summed E-state index contributed by atoms with van der Waals surface area (Å²) in [6, 6.07) is 7.66. The van der Waals surface area contributed by atoms with Gasteiger partial charge in [-0.25, -0.2) is 18.7 Å². The third-order valence-corrected chi connectivity index (χ3v) is 5.97. The summed E-state index contributed by atoms with van der Waals surface area (Å²) in [7, 11) is 0. The number of nitrogens with zero attached hydrogens (tertiary/aromatic N) is 4. The zero-order chi connectivity index (χ0) is 24.9. The summed E-state index contributed by atoms with van der Waals surface area (Å²) in [4.78, 5) is 26.8. The van der Waals surface area contributed by atoms with Crippen molar-refractivity contribution in [1.82, 2.24) is 15.0 Å². The summed E-state index contributed by atoms with van der Waals surface area (Å²) in [5.41, 5.74) is 4.02. The molecular weight excluding hydrogens is 454 g/mol. The van der Waals surface area contributed by atoms with E-state index < -0.39 is 11.6 Å². The molecule has 3 aromatic rings. The number of carbonyl (C=O) groups excluding carboxylic acids is 1. The molecule has 10 heteroatoms. The lowest BCUT2D eigenvalue weighted by molar-refractivity contribution is -0.114. The zero-order valence-corrected chi connectivity index (χ0v) is 19.9. The normalized spacial score (nSPS) is 14.1. The third-order valence-electron chi connectivity index (χ3n) is 5.97. The van der Waals surface area contributed by atoms with Crippen LogP contribution in [-0.2, 0) is 16.1 Å². The molecule has 0 atom stereocenters. The van der Waals surface area contributed by atoms with Gasteiger partial charge < -0.3 is 20.3 Å². The van der Waals surface area contributed by atoms with Crippen LogP contribution in [0.2, 0.25) is 0 Å². The molecule has 8 nitrogen and oxygen atoms in total. The standard InChI is InChI=1S/C25H28F2N6O2/c1-15-4-7-22(16(2)23(15)30-17(3)34)31-24-28-14-29-25(32-24)33-10-8-19(9-11-33)35-13-18-5-6-20(26)21(27)12-18/h4-7,12,14,19H,8-11,13H2,1-3H3,(H,30,34)(H,28,29,31,32). The van der Waals surface area contributed by atoms with E-state index in [1.807, 2.05) is 26.0 Å². The lowest BCUT2D eigenvalue weighted by Crippen LogP contribution is -2.38. The highest BCUT2D eigenvalue weighted by Crippen LogP contribution is 2.29. The van der Waals surface area contributed by atoms with Gasteiger partial charge in [-0.15, -0.1) is 0 Å². The number of aromatic nitrogens is 3. The summed E-state index contributed by atoms with van der Waals surface area (Å²) in [5.74, 6) is -0.889. The number of anilines is 4. The van der Waals surface area contributed by atoms with Crippen LogP contribution in [0.15, 0.2) is 36.7 Å². The number of piperidine rings is 1. The van der Waals surface area contributed by atoms with E-state index in [0.29, 0.717) is 30.5 Å². The maximum atomic E-state index is 13.4. The molecule has 1 aromatic heterocycles. The fraction of sp³-hybridized carbons (Fsp3) is 0.360. The Kier molecular flexibility index (Phi) is 7.50. The van der Waals surface area contributed by atoms with E-state index in [-0.39, 0.29) is 18.6 Å². The molecule has 0 spiro atoms. The molecule has 184 valence electrons. The number of rotatable bonds is 7. The summed E-state index contributed by atoms with van der Waals surface area (Å²) in [5, 5.41) is 6.10. The van der Waals surface area contributed by atoms with Crippen molar-refractivity contribution in [2.75, 3.05) is 28.6 Å². The van der Waals surface area contributed by atoms with Crippen molar-refractivity contribution in [3.63, 3.8) is 0 Å². The Hall–Kier alpha value is -3.66. The van der Waals surface area contributed by atoms with E-state index in [9.17, 15) is 13.6 Å². The Bertz CT molecular complexity index is 1210. The summed E-state index contributed by atoms with van der Waals surface area (Å²) < 4.78 is 32.4. The fourth-order valence-corrected chi connectivity index (χ4v) is 4.04. The maximum absolute atomic E-state index is 13.4. The van der Waals surface area contributed by atoms with Crippen LogP contribution >= 0.6 is 0 Å². The number of ether oxygens (including phenoxy) is 1. The van der Waals surface area contributed by atoms with Gasteiger partial charge in [0.05, 0.1) is 12.7 Å². The van der Waals surface area contributed by atoms with Gasteiger partial charge in [-0.05, 0) is 61.6 Å². The van der Waals surface area contributed by atoms with Gasteiger partial charge in [0.1, 0.15) is 6.33 Å². The third kappa shape index (κ3) is 6.07. The molecule has 2 aromatic carbocycles. The summed E-state index contributed by atoms with van der Waals surface area (Å²) >= 11 is 0.